The maximum Gasteiger partial charge on any atom is 0.306 e. The highest BCUT2D eigenvalue weighted by molar-refractivity contribution is 7.86. The topological polar surface area (TPSA) is 65.1 Å². The minimum Gasteiger partial charge on any atom is -0.493 e. The second-order valence-corrected chi connectivity index (χ2v) is 10.6. The van der Waals surface area contributed by atoms with Crippen molar-refractivity contribution in [2.45, 2.75) is 44.9 Å². The van der Waals surface area contributed by atoms with Gasteiger partial charge in [-0.1, -0.05) is 12.1 Å². The first kappa shape index (κ1) is 25.4. The molecule has 1 aliphatic carbocycles. The van der Waals surface area contributed by atoms with Crippen LogP contribution in [0, 0.1) is 5.92 Å². The van der Waals surface area contributed by atoms with Gasteiger partial charge in [0.2, 0.25) is 0 Å². The molecule has 0 fully saturated rings. The largest absolute Gasteiger partial charge is 0.493 e. The zero-order valence-electron chi connectivity index (χ0n) is 20.3. The Bertz CT molecular complexity index is 969. The van der Waals surface area contributed by atoms with Crippen molar-refractivity contribution < 1.29 is 22.1 Å². The van der Waals surface area contributed by atoms with Gasteiger partial charge in [0, 0.05) is 6.54 Å². The van der Waals surface area contributed by atoms with Crippen LogP contribution in [-0.4, -0.2) is 53.9 Å². The Morgan fingerprint density at radius 2 is 1.52 bits per heavy atom. The molecule has 0 spiro atoms. The average Bonchev–Trinajstić information content (AvgIpc) is 2.98. The molecule has 6 nitrogen and oxygen atoms in total. The van der Waals surface area contributed by atoms with E-state index in [0.29, 0.717) is 5.75 Å². The molecule has 33 heavy (non-hydrogen) atoms. The van der Waals surface area contributed by atoms with Gasteiger partial charge in [0.15, 0.2) is 11.5 Å². The van der Waals surface area contributed by atoms with Gasteiger partial charge in [0.05, 0.1) is 20.5 Å². The second kappa shape index (κ2) is 11.7. The van der Waals surface area contributed by atoms with Gasteiger partial charge in [-0.2, -0.15) is 8.42 Å². The van der Waals surface area contributed by atoms with Crippen LogP contribution in [-0.2, 0) is 29.4 Å². The average molecular weight is 476 g/mol. The fraction of sp³-hybridized carbons (Fsp3) is 0.538. The number of rotatable bonds is 11. The van der Waals surface area contributed by atoms with Crippen LogP contribution in [0.15, 0.2) is 36.4 Å². The molecule has 0 N–H and O–H groups in total. The molecule has 0 atom stereocenters. The third-order valence-electron chi connectivity index (χ3n) is 6.45. The van der Waals surface area contributed by atoms with Gasteiger partial charge >= 0.3 is 10.1 Å². The third kappa shape index (κ3) is 7.93. The molecule has 0 saturated carbocycles. The number of aryl methyl sites for hydroxylation is 2. The zero-order chi connectivity index (χ0) is 23.8. The number of likely N-dealkylation sites (N-methyl/N-ethyl adjacent to an activating group) is 1. The first-order valence-corrected chi connectivity index (χ1v) is 13.5. The quantitative estimate of drug-likeness (QED) is 0.352. The smallest absolute Gasteiger partial charge is 0.306 e. The molecule has 0 saturated heterocycles. The predicted octanol–water partition coefficient (Wildman–Crippen LogP) is 4.49. The Hall–Kier alpha value is -2.25. The molecule has 0 radical (unpaired) electrons. The summed E-state index contributed by atoms with van der Waals surface area (Å²) in [6, 6.07) is 11.6. The summed E-state index contributed by atoms with van der Waals surface area (Å²) in [4.78, 5) is 2.38. The molecule has 0 unspecified atom stereocenters. The lowest BCUT2D eigenvalue weighted by molar-refractivity contribution is 0.308. The van der Waals surface area contributed by atoms with Crippen LogP contribution in [0.3, 0.4) is 0 Å². The van der Waals surface area contributed by atoms with E-state index in [-0.39, 0.29) is 0 Å². The van der Waals surface area contributed by atoms with Gasteiger partial charge in [-0.05, 0) is 105 Å². The minimum absolute atomic E-state index is 0.358. The van der Waals surface area contributed by atoms with E-state index in [9.17, 15) is 8.42 Å². The minimum atomic E-state index is -3.48. The van der Waals surface area contributed by atoms with Crippen LogP contribution < -0.4 is 13.7 Å². The molecule has 0 aliphatic heterocycles. The molecule has 2 aromatic carbocycles. The summed E-state index contributed by atoms with van der Waals surface area (Å²) in [5.41, 5.74) is 3.98. The lowest BCUT2D eigenvalue weighted by Crippen LogP contribution is -2.23. The van der Waals surface area contributed by atoms with Crippen LogP contribution in [0.1, 0.15) is 42.4 Å². The van der Waals surface area contributed by atoms with Gasteiger partial charge in [-0.25, -0.2) is 0 Å². The van der Waals surface area contributed by atoms with Gasteiger partial charge in [-0.15, -0.1) is 0 Å². The SMILES string of the molecule is COc1cc2c(cc1OC)CCC(CCCN(C)CCc1ccc(OS(C)(=O)=O)cc1)CC2. The van der Waals surface area contributed by atoms with E-state index in [1.54, 1.807) is 26.4 Å². The van der Waals surface area contributed by atoms with E-state index in [1.165, 1.54) is 42.4 Å². The Labute approximate surface area is 199 Å². The molecule has 0 heterocycles. The normalized spacial score (nSPS) is 14.6. The lowest BCUT2D eigenvalue weighted by atomic mass is 9.94. The number of hydrogen-bond acceptors (Lipinski definition) is 6. The Morgan fingerprint density at radius 1 is 0.939 bits per heavy atom. The van der Waals surface area contributed by atoms with Crippen LogP contribution in [0.2, 0.25) is 0 Å². The molecule has 7 heteroatoms. The molecular weight excluding hydrogens is 438 g/mol. The van der Waals surface area contributed by atoms with Crippen molar-refractivity contribution in [2.75, 3.05) is 40.6 Å². The monoisotopic (exact) mass is 475 g/mol. The second-order valence-electron chi connectivity index (χ2n) is 9.05. The number of fused-ring (bicyclic) bond motifs is 1. The first-order valence-electron chi connectivity index (χ1n) is 11.7. The molecule has 3 rings (SSSR count). The lowest BCUT2D eigenvalue weighted by Gasteiger charge is -2.19. The summed E-state index contributed by atoms with van der Waals surface area (Å²) < 4.78 is 38.3. The summed E-state index contributed by atoms with van der Waals surface area (Å²) in [7, 11) is 2.08. The number of benzene rings is 2. The van der Waals surface area contributed by atoms with Gasteiger partial charge in [0.25, 0.3) is 0 Å². The Balaban J connectivity index is 1.39. The van der Waals surface area contributed by atoms with E-state index in [0.717, 1.165) is 56.0 Å². The van der Waals surface area contributed by atoms with E-state index >= 15 is 0 Å². The maximum absolute atomic E-state index is 11.2. The molecule has 0 bridgehead atoms. The predicted molar refractivity (Wildman–Crippen MR) is 132 cm³/mol. The van der Waals surface area contributed by atoms with Crippen molar-refractivity contribution in [2.24, 2.45) is 5.92 Å². The van der Waals surface area contributed by atoms with Crippen molar-refractivity contribution in [1.82, 2.24) is 4.90 Å². The Kier molecular flexibility index (Phi) is 9.03. The Morgan fingerprint density at radius 3 is 2.03 bits per heavy atom. The van der Waals surface area contributed by atoms with E-state index in [2.05, 4.69) is 24.1 Å². The van der Waals surface area contributed by atoms with Crippen molar-refractivity contribution in [3.8, 4) is 17.2 Å². The molecule has 2 aromatic rings. The highest BCUT2D eigenvalue weighted by Crippen LogP contribution is 2.35. The molecular formula is C26H37NO5S. The fourth-order valence-corrected chi connectivity index (χ4v) is 5.01. The van der Waals surface area contributed by atoms with Crippen molar-refractivity contribution in [3.63, 3.8) is 0 Å². The molecule has 1 aliphatic rings. The standard InChI is InChI=1S/C26H37NO5S/c1-27(17-15-21-9-13-24(14-10-21)32-33(4,28)29)16-5-6-20-7-11-22-18-25(30-2)26(31-3)19-23(22)12-8-20/h9-10,13-14,18-20H,5-8,11-12,15-17H2,1-4H3. The summed E-state index contributed by atoms with van der Waals surface area (Å²) in [6.07, 6.45) is 9.11. The van der Waals surface area contributed by atoms with Crippen molar-refractivity contribution in [3.05, 3.63) is 53.1 Å². The van der Waals surface area contributed by atoms with Crippen LogP contribution in [0.4, 0.5) is 0 Å². The van der Waals surface area contributed by atoms with Crippen LogP contribution in [0.5, 0.6) is 17.2 Å². The van der Waals surface area contributed by atoms with Crippen molar-refractivity contribution >= 4 is 10.1 Å². The van der Waals surface area contributed by atoms with E-state index in [4.69, 9.17) is 13.7 Å². The number of hydrogen-bond donors (Lipinski definition) is 0. The van der Waals surface area contributed by atoms with Crippen LogP contribution >= 0.6 is 0 Å². The fourth-order valence-electron chi connectivity index (χ4n) is 4.55. The summed E-state index contributed by atoms with van der Waals surface area (Å²) >= 11 is 0. The molecule has 182 valence electrons. The molecule has 0 aromatic heterocycles. The highest BCUT2D eigenvalue weighted by Gasteiger charge is 2.19. The number of nitrogens with zero attached hydrogens (tertiary/aromatic N) is 1. The number of methoxy groups -OCH3 is 2. The van der Waals surface area contributed by atoms with Gasteiger partial charge < -0.3 is 18.6 Å². The van der Waals surface area contributed by atoms with Crippen LogP contribution in [0.25, 0.3) is 0 Å². The molecule has 0 amide bonds. The van der Waals surface area contributed by atoms with Crippen molar-refractivity contribution in [1.29, 1.82) is 0 Å². The maximum atomic E-state index is 11.2. The first-order chi connectivity index (χ1) is 15.8. The third-order valence-corrected chi connectivity index (χ3v) is 6.95. The van der Waals surface area contributed by atoms with E-state index in [1.807, 2.05) is 12.1 Å². The van der Waals surface area contributed by atoms with E-state index < -0.39 is 10.1 Å². The summed E-state index contributed by atoms with van der Waals surface area (Å²) in [6.45, 7) is 2.06. The summed E-state index contributed by atoms with van der Waals surface area (Å²) in [5.74, 6) is 2.77. The van der Waals surface area contributed by atoms with Gasteiger partial charge in [0.1, 0.15) is 5.75 Å². The summed E-state index contributed by atoms with van der Waals surface area (Å²) in [5, 5.41) is 0. The number of ether oxygens (including phenoxy) is 2. The zero-order valence-corrected chi connectivity index (χ0v) is 21.1. The highest BCUT2D eigenvalue weighted by atomic mass is 32.2. The van der Waals surface area contributed by atoms with Gasteiger partial charge in [-0.3, -0.25) is 0 Å².